The van der Waals surface area contributed by atoms with Crippen molar-refractivity contribution in [3.63, 3.8) is 0 Å². The summed E-state index contributed by atoms with van der Waals surface area (Å²) in [5.41, 5.74) is 2.10. The van der Waals surface area contributed by atoms with E-state index in [1.807, 2.05) is 24.3 Å². The van der Waals surface area contributed by atoms with E-state index in [4.69, 9.17) is 21.2 Å². The lowest BCUT2D eigenvalue weighted by Crippen LogP contribution is -2.39. The lowest BCUT2D eigenvalue weighted by molar-refractivity contribution is 0.00922. The first-order valence-corrected chi connectivity index (χ1v) is 9.54. The SMILES string of the molecule is COC[C@H](O)CN(Cc1cccc(Cl)c1)C[C@@H]1CC(c2ccccc2F)=NO1. The zero-order chi connectivity index (χ0) is 19.9. The van der Waals surface area contributed by atoms with Crippen LogP contribution in [0.5, 0.6) is 0 Å². The summed E-state index contributed by atoms with van der Waals surface area (Å²) in [6.07, 6.45) is -0.339. The predicted octanol–water partition coefficient (Wildman–Crippen LogP) is 3.48. The van der Waals surface area contributed by atoms with Gasteiger partial charge in [-0.15, -0.1) is 0 Å². The number of benzene rings is 2. The third kappa shape index (κ3) is 5.75. The first-order chi connectivity index (χ1) is 13.5. The predicted molar refractivity (Wildman–Crippen MR) is 107 cm³/mol. The molecule has 0 radical (unpaired) electrons. The molecule has 0 fully saturated rings. The highest BCUT2D eigenvalue weighted by Gasteiger charge is 2.27. The van der Waals surface area contributed by atoms with E-state index in [9.17, 15) is 9.50 Å². The monoisotopic (exact) mass is 406 g/mol. The second-order valence-corrected chi connectivity index (χ2v) is 7.32. The Hall–Kier alpha value is -1.99. The number of halogens is 2. The van der Waals surface area contributed by atoms with Gasteiger partial charge in [-0.2, -0.15) is 0 Å². The summed E-state index contributed by atoms with van der Waals surface area (Å²) in [6, 6.07) is 14.1. The van der Waals surface area contributed by atoms with E-state index in [1.165, 1.54) is 6.07 Å². The van der Waals surface area contributed by atoms with Crippen molar-refractivity contribution in [2.45, 2.75) is 25.2 Å². The van der Waals surface area contributed by atoms with Gasteiger partial charge >= 0.3 is 0 Å². The van der Waals surface area contributed by atoms with Crippen LogP contribution in [0.3, 0.4) is 0 Å². The lowest BCUT2D eigenvalue weighted by Gasteiger charge is -2.26. The van der Waals surface area contributed by atoms with Gasteiger partial charge < -0.3 is 14.7 Å². The van der Waals surface area contributed by atoms with E-state index in [2.05, 4.69) is 10.1 Å². The molecule has 1 N–H and O–H groups in total. The minimum Gasteiger partial charge on any atom is -0.390 e. The first-order valence-electron chi connectivity index (χ1n) is 9.16. The lowest BCUT2D eigenvalue weighted by atomic mass is 10.0. The summed E-state index contributed by atoms with van der Waals surface area (Å²) in [5.74, 6) is -0.309. The zero-order valence-electron chi connectivity index (χ0n) is 15.7. The van der Waals surface area contributed by atoms with E-state index in [1.54, 1.807) is 25.3 Å². The average Bonchev–Trinajstić information content (AvgIpc) is 3.10. The molecule has 1 aliphatic heterocycles. The Morgan fingerprint density at radius 2 is 2.14 bits per heavy atom. The third-order valence-corrected chi connectivity index (χ3v) is 4.74. The molecular weight excluding hydrogens is 383 g/mol. The second kappa shape index (κ2) is 9.98. The highest BCUT2D eigenvalue weighted by Crippen LogP contribution is 2.21. The topological polar surface area (TPSA) is 54.3 Å². The summed E-state index contributed by atoms with van der Waals surface area (Å²) in [4.78, 5) is 7.62. The van der Waals surface area contributed by atoms with Crippen LogP contribution in [0.25, 0.3) is 0 Å². The molecule has 0 unspecified atom stereocenters. The summed E-state index contributed by atoms with van der Waals surface area (Å²) in [6.45, 7) is 1.79. The van der Waals surface area contributed by atoms with Gasteiger partial charge in [0.05, 0.1) is 18.4 Å². The Morgan fingerprint density at radius 3 is 2.89 bits per heavy atom. The zero-order valence-corrected chi connectivity index (χ0v) is 16.5. The largest absolute Gasteiger partial charge is 0.390 e. The van der Waals surface area contributed by atoms with Crippen molar-refractivity contribution in [3.05, 3.63) is 70.5 Å². The van der Waals surface area contributed by atoms with Crippen molar-refractivity contribution < 1.29 is 19.1 Å². The fourth-order valence-corrected chi connectivity index (χ4v) is 3.52. The normalized spacial score (nSPS) is 17.5. The first kappa shape index (κ1) is 20.7. The van der Waals surface area contributed by atoms with Crippen LogP contribution >= 0.6 is 11.6 Å². The molecule has 0 aliphatic carbocycles. The Balaban J connectivity index is 1.65. The van der Waals surface area contributed by atoms with Crippen molar-refractivity contribution in [1.82, 2.24) is 4.90 Å². The second-order valence-electron chi connectivity index (χ2n) is 6.88. The molecule has 7 heteroatoms. The molecule has 0 aromatic heterocycles. The van der Waals surface area contributed by atoms with Crippen LogP contribution < -0.4 is 0 Å². The fraction of sp³-hybridized carbons (Fsp3) is 0.381. The smallest absolute Gasteiger partial charge is 0.145 e. The highest BCUT2D eigenvalue weighted by atomic mass is 35.5. The van der Waals surface area contributed by atoms with Gasteiger partial charge in [0, 0.05) is 43.8 Å². The molecule has 0 spiro atoms. The minimum absolute atomic E-state index is 0.219. The Bertz CT molecular complexity index is 818. The Labute approximate surface area is 169 Å². The van der Waals surface area contributed by atoms with Crippen LogP contribution in [0.4, 0.5) is 4.39 Å². The molecule has 1 aliphatic rings. The van der Waals surface area contributed by atoms with E-state index in [-0.39, 0.29) is 18.5 Å². The molecule has 0 saturated carbocycles. The van der Waals surface area contributed by atoms with Crippen LogP contribution in [0, 0.1) is 5.82 Å². The number of aliphatic hydroxyl groups is 1. The van der Waals surface area contributed by atoms with Gasteiger partial charge in [-0.25, -0.2) is 4.39 Å². The Morgan fingerprint density at radius 1 is 1.32 bits per heavy atom. The van der Waals surface area contributed by atoms with Crippen molar-refractivity contribution >= 4 is 17.3 Å². The van der Waals surface area contributed by atoms with E-state index < -0.39 is 6.10 Å². The third-order valence-electron chi connectivity index (χ3n) is 4.50. The van der Waals surface area contributed by atoms with E-state index in [0.29, 0.717) is 42.4 Å². The standard InChI is InChI=1S/C21H24ClFN2O3/c1-27-14-17(26)12-25(11-15-5-4-6-16(22)9-15)13-18-10-21(24-28-18)19-7-2-3-8-20(19)23/h2-9,17-18,26H,10-14H2,1H3/t17-,18+/m1/s1. The van der Waals surface area contributed by atoms with Crippen LogP contribution in [-0.2, 0) is 16.1 Å². The summed E-state index contributed by atoms with van der Waals surface area (Å²) >= 11 is 6.09. The molecule has 1 heterocycles. The summed E-state index contributed by atoms with van der Waals surface area (Å²) < 4.78 is 19.0. The molecule has 2 aromatic carbocycles. The van der Waals surface area contributed by atoms with Gasteiger partial charge in [0.25, 0.3) is 0 Å². The van der Waals surface area contributed by atoms with Crippen molar-refractivity contribution in [3.8, 4) is 0 Å². The van der Waals surface area contributed by atoms with E-state index in [0.717, 1.165) is 5.56 Å². The highest BCUT2D eigenvalue weighted by molar-refractivity contribution is 6.30. The van der Waals surface area contributed by atoms with Crippen LogP contribution in [0.1, 0.15) is 17.5 Å². The van der Waals surface area contributed by atoms with Gasteiger partial charge in [-0.05, 0) is 23.8 Å². The van der Waals surface area contributed by atoms with Gasteiger partial charge in [0.2, 0.25) is 0 Å². The van der Waals surface area contributed by atoms with Crippen molar-refractivity contribution in [2.24, 2.45) is 5.16 Å². The van der Waals surface area contributed by atoms with Crippen LogP contribution in [0.2, 0.25) is 5.02 Å². The molecule has 0 bridgehead atoms. The van der Waals surface area contributed by atoms with E-state index >= 15 is 0 Å². The number of nitrogens with zero attached hydrogens (tertiary/aromatic N) is 2. The van der Waals surface area contributed by atoms with Crippen molar-refractivity contribution in [2.75, 3.05) is 26.8 Å². The molecule has 0 saturated heterocycles. The van der Waals surface area contributed by atoms with Crippen LogP contribution in [-0.4, -0.2) is 54.7 Å². The molecule has 0 amide bonds. The summed E-state index contributed by atoms with van der Waals surface area (Å²) in [7, 11) is 1.55. The van der Waals surface area contributed by atoms with Gasteiger partial charge in [-0.1, -0.05) is 47.1 Å². The molecule has 28 heavy (non-hydrogen) atoms. The quantitative estimate of drug-likeness (QED) is 0.692. The number of methoxy groups -OCH3 is 1. The maximum Gasteiger partial charge on any atom is 0.145 e. The molecule has 2 atom stereocenters. The molecule has 5 nitrogen and oxygen atoms in total. The van der Waals surface area contributed by atoms with Gasteiger partial charge in [0.15, 0.2) is 0 Å². The number of rotatable bonds is 9. The van der Waals surface area contributed by atoms with Crippen LogP contribution in [0.15, 0.2) is 53.7 Å². The molecule has 150 valence electrons. The maximum absolute atomic E-state index is 14.0. The number of aliphatic hydroxyl groups excluding tert-OH is 1. The Kier molecular flexibility index (Phi) is 7.39. The molecular formula is C21H24ClFN2O3. The number of ether oxygens (including phenoxy) is 1. The number of hydrogen-bond acceptors (Lipinski definition) is 5. The molecule has 3 rings (SSSR count). The van der Waals surface area contributed by atoms with Crippen molar-refractivity contribution in [1.29, 1.82) is 0 Å². The fourth-order valence-electron chi connectivity index (χ4n) is 3.31. The van der Waals surface area contributed by atoms with Gasteiger partial charge in [0.1, 0.15) is 11.9 Å². The number of oxime groups is 1. The number of hydrogen-bond donors (Lipinski definition) is 1. The average molecular weight is 407 g/mol. The summed E-state index contributed by atoms with van der Waals surface area (Å²) in [5, 5.41) is 14.9. The minimum atomic E-state index is -0.627. The van der Waals surface area contributed by atoms with Gasteiger partial charge in [-0.3, -0.25) is 4.90 Å². The maximum atomic E-state index is 14.0. The molecule has 2 aromatic rings.